The van der Waals surface area contributed by atoms with Gasteiger partial charge in [0.1, 0.15) is 0 Å². The van der Waals surface area contributed by atoms with Crippen LogP contribution in [-0.2, 0) is 11.2 Å². The highest BCUT2D eigenvalue weighted by Gasteiger charge is 2.55. The van der Waals surface area contributed by atoms with Crippen LogP contribution in [0.1, 0.15) is 56.1 Å². The number of fused-ring (bicyclic) bond motifs is 1. The van der Waals surface area contributed by atoms with E-state index in [1.807, 2.05) is 0 Å². The normalized spacial score (nSPS) is 37.8. The number of nitrogens with zero attached hydrogens (tertiary/aromatic N) is 1. The van der Waals surface area contributed by atoms with E-state index in [0.717, 1.165) is 37.1 Å². The van der Waals surface area contributed by atoms with E-state index in [1.165, 1.54) is 55.3 Å². The highest BCUT2D eigenvalue weighted by Crippen LogP contribution is 2.60. The molecule has 6 rings (SSSR count). The summed E-state index contributed by atoms with van der Waals surface area (Å²) in [5, 5.41) is 0. The van der Waals surface area contributed by atoms with Crippen molar-refractivity contribution in [3.05, 3.63) is 29.3 Å². The van der Waals surface area contributed by atoms with E-state index in [-0.39, 0.29) is 5.41 Å². The first kappa shape index (κ1) is 14.1. The lowest BCUT2D eigenvalue weighted by Gasteiger charge is -2.56. The van der Waals surface area contributed by atoms with Crippen LogP contribution in [0.4, 0.5) is 5.69 Å². The van der Waals surface area contributed by atoms with Gasteiger partial charge in [0.05, 0.1) is 5.41 Å². The number of hydrogen-bond donors (Lipinski definition) is 0. The van der Waals surface area contributed by atoms with Crippen molar-refractivity contribution in [1.82, 2.24) is 0 Å². The largest absolute Gasteiger partial charge is 0.312 e. The molecule has 2 heteroatoms. The van der Waals surface area contributed by atoms with Gasteiger partial charge in [0.2, 0.25) is 5.91 Å². The van der Waals surface area contributed by atoms with Gasteiger partial charge in [-0.2, -0.15) is 0 Å². The number of hydrogen-bond acceptors (Lipinski definition) is 1. The monoisotopic (exact) mass is 309 g/mol. The van der Waals surface area contributed by atoms with Gasteiger partial charge in [-0.1, -0.05) is 17.7 Å². The molecule has 0 atom stereocenters. The number of aryl methyl sites for hydroxylation is 2. The van der Waals surface area contributed by atoms with E-state index in [4.69, 9.17) is 0 Å². The van der Waals surface area contributed by atoms with Gasteiger partial charge >= 0.3 is 0 Å². The van der Waals surface area contributed by atoms with E-state index < -0.39 is 0 Å². The number of rotatable bonds is 1. The molecule has 0 unspecified atom stereocenters. The van der Waals surface area contributed by atoms with Crippen LogP contribution < -0.4 is 4.90 Å². The summed E-state index contributed by atoms with van der Waals surface area (Å²) in [7, 11) is 0. The lowest BCUT2D eigenvalue weighted by Crippen LogP contribution is -2.55. The maximum atomic E-state index is 13.6. The number of amides is 1. The molecule has 23 heavy (non-hydrogen) atoms. The molecule has 0 spiro atoms. The van der Waals surface area contributed by atoms with Crippen LogP contribution in [0.25, 0.3) is 0 Å². The SMILES string of the molecule is Cc1ccc2c(c1)CCCN2C(=O)C12CC3CC(CC(C3)C1)C2. The van der Waals surface area contributed by atoms with Gasteiger partial charge < -0.3 is 4.90 Å². The van der Waals surface area contributed by atoms with Crippen LogP contribution in [0.5, 0.6) is 0 Å². The Bertz CT molecular complexity index is 627. The standard InChI is InChI=1S/C21H27NO/c1-14-4-5-19-18(7-14)3-2-6-22(19)20(23)21-11-15-8-16(12-21)10-17(9-15)13-21/h4-5,7,15-17H,2-3,6,8-13H2,1H3. The first-order chi connectivity index (χ1) is 11.1. The third-order valence-electron chi connectivity index (χ3n) is 7.09. The summed E-state index contributed by atoms with van der Waals surface area (Å²) < 4.78 is 0. The Morgan fingerprint density at radius 2 is 1.74 bits per heavy atom. The lowest BCUT2D eigenvalue weighted by atomic mass is 9.49. The molecule has 0 radical (unpaired) electrons. The van der Waals surface area contributed by atoms with Crippen molar-refractivity contribution in [1.29, 1.82) is 0 Å². The molecule has 4 saturated carbocycles. The zero-order valence-electron chi connectivity index (χ0n) is 14.2. The van der Waals surface area contributed by atoms with Crippen LogP contribution in [0.3, 0.4) is 0 Å². The summed E-state index contributed by atoms with van der Waals surface area (Å²) in [5.74, 6) is 2.99. The zero-order valence-corrected chi connectivity index (χ0v) is 14.2. The highest BCUT2D eigenvalue weighted by molar-refractivity contribution is 5.99. The third-order valence-corrected chi connectivity index (χ3v) is 7.09. The van der Waals surface area contributed by atoms with Gasteiger partial charge in [-0.3, -0.25) is 4.79 Å². The van der Waals surface area contributed by atoms with E-state index in [2.05, 4.69) is 30.0 Å². The topological polar surface area (TPSA) is 20.3 Å². The van der Waals surface area contributed by atoms with Crippen LogP contribution in [0.15, 0.2) is 18.2 Å². The van der Waals surface area contributed by atoms with Crippen molar-refractivity contribution in [2.75, 3.05) is 11.4 Å². The molecule has 1 heterocycles. The summed E-state index contributed by atoms with van der Waals surface area (Å²) >= 11 is 0. The quantitative estimate of drug-likeness (QED) is 0.748. The molecule has 5 aliphatic rings. The molecule has 4 bridgehead atoms. The first-order valence-corrected chi connectivity index (χ1v) is 9.54. The lowest BCUT2D eigenvalue weighted by molar-refractivity contribution is -0.143. The van der Waals surface area contributed by atoms with Crippen LogP contribution in [0, 0.1) is 30.1 Å². The number of carbonyl (C=O) groups excluding carboxylic acids is 1. The molecule has 1 aliphatic heterocycles. The Morgan fingerprint density at radius 3 is 2.39 bits per heavy atom. The van der Waals surface area contributed by atoms with E-state index in [9.17, 15) is 4.79 Å². The summed E-state index contributed by atoms with van der Waals surface area (Å²) in [6, 6.07) is 6.65. The second-order valence-electron chi connectivity index (χ2n) is 8.89. The van der Waals surface area contributed by atoms with Crippen LogP contribution in [0.2, 0.25) is 0 Å². The molecule has 1 aromatic carbocycles. The highest BCUT2D eigenvalue weighted by atomic mass is 16.2. The Balaban J connectivity index is 1.50. The summed E-state index contributed by atoms with van der Waals surface area (Å²) in [6.07, 6.45) is 9.99. The van der Waals surface area contributed by atoms with Gasteiger partial charge in [0, 0.05) is 12.2 Å². The van der Waals surface area contributed by atoms with Crippen molar-refractivity contribution < 1.29 is 4.79 Å². The molecule has 4 aliphatic carbocycles. The average molecular weight is 309 g/mol. The predicted octanol–water partition coefficient (Wildman–Crippen LogP) is 4.49. The van der Waals surface area contributed by atoms with Gasteiger partial charge in [0.15, 0.2) is 0 Å². The fraction of sp³-hybridized carbons (Fsp3) is 0.667. The second kappa shape index (κ2) is 4.84. The van der Waals surface area contributed by atoms with E-state index in [1.54, 1.807) is 0 Å². The summed E-state index contributed by atoms with van der Waals surface area (Å²) in [5.41, 5.74) is 3.90. The molecule has 1 aromatic rings. The van der Waals surface area contributed by atoms with Crippen molar-refractivity contribution in [2.24, 2.45) is 23.2 Å². The minimum Gasteiger partial charge on any atom is -0.312 e. The van der Waals surface area contributed by atoms with Gasteiger partial charge in [-0.25, -0.2) is 0 Å². The summed E-state index contributed by atoms with van der Waals surface area (Å²) in [4.78, 5) is 15.8. The maximum Gasteiger partial charge on any atom is 0.233 e. The van der Waals surface area contributed by atoms with Crippen molar-refractivity contribution in [3.8, 4) is 0 Å². The molecule has 4 fully saturated rings. The number of carbonyl (C=O) groups is 1. The van der Waals surface area contributed by atoms with Crippen molar-refractivity contribution in [3.63, 3.8) is 0 Å². The molecule has 1 amide bonds. The summed E-state index contributed by atoms with van der Waals surface area (Å²) in [6.45, 7) is 3.08. The second-order valence-corrected chi connectivity index (χ2v) is 8.89. The van der Waals surface area contributed by atoms with Gasteiger partial charge in [0.25, 0.3) is 0 Å². The minimum atomic E-state index is -0.00571. The zero-order chi connectivity index (χ0) is 15.6. The first-order valence-electron chi connectivity index (χ1n) is 9.54. The van der Waals surface area contributed by atoms with Crippen molar-refractivity contribution in [2.45, 2.75) is 58.3 Å². The Kier molecular flexibility index (Phi) is 2.96. The Morgan fingerprint density at radius 1 is 1.09 bits per heavy atom. The molecule has 0 aromatic heterocycles. The van der Waals surface area contributed by atoms with Crippen LogP contribution in [-0.4, -0.2) is 12.5 Å². The minimum absolute atomic E-state index is 0.00571. The van der Waals surface area contributed by atoms with Gasteiger partial charge in [-0.05, 0) is 87.7 Å². The Hall–Kier alpha value is -1.31. The number of anilines is 1. The molecular formula is C21H27NO. The fourth-order valence-electron chi connectivity index (χ4n) is 6.60. The average Bonchev–Trinajstić information content (AvgIpc) is 2.52. The van der Waals surface area contributed by atoms with E-state index >= 15 is 0 Å². The fourth-order valence-corrected chi connectivity index (χ4v) is 6.60. The predicted molar refractivity (Wildman–Crippen MR) is 92.5 cm³/mol. The van der Waals surface area contributed by atoms with E-state index in [0.29, 0.717) is 5.91 Å². The van der Waals surface area contributed by atoms with Crippen molar-refractivity contribution >= 4 is 11.6 Å². The third kappa shape index (κ3) is 2.10. The maximum absolute atomic E-state index is 13.6. The Labute approximate surface area is 139 Å². The molecule has 0 N–H and O–H groups in total. The molecule has 0 saturated heterocycles. The molecule has 122 valence electrons. The molecule has 2 nitrogen and oxygen atoms in total. The number of benzene rings is 1. The molecular weight excluding hydrogens is 282 g/mol. The van der Waals surface area contributed by atoms with Crippen LogP contribution >= 0.6 is 0 Å². The van der Waals surface area contributed by atoms with Gasteiger partial charge in [-0.15, -0.1) is 0 Å². The smallest absolute Gasteiger partial charge is 0.233 e.